The number of carbonyl (C=O) groups is 1. The summed E-state index contributed by atoms with van der Waals surface area (Å²) in [5.41, 5.74) is -1.59. The molecule has 1 amide bonds. The summed E-state index contributed by atoms with van der Waals surface area (Å²) in [6.45, 7) is 8.66. The summed E-state index contributed by atoms with van der Waals surface area (Å²) in [4.78, 5) is 17.9. The van der Waals surface area contributed by atoms with E-state index in [0.29, 0.717) is 23.3 Å². The maximum absolute atomic E-state index is 14.1. The molecular weight excluding hydrogens is 392 g/mol. The molecule has 0 unspecified atom stereocenters. The van der Waals surface area contributed by atoms with Gasteiger partial charge in [0.05, 0.1) is 11.1 Å². The minimum atomic E-state index is -4.84. The standard InChI is InChI=1S/C20H22F4N2OS/c1-11-16(19(2,3)4)28-18(26(11)10-12-8-9-12)25-17(27)15-13(20(22,23)24)6-5-7-14(15)21/h5-7,12H,8-10H2,1-4H3. The Hall–Kier alpha value is -1.96. The number of hydrogen-bond donors (Lipinski definition) is 0. The van der Waals surface area contributed by atoms with Crippen molar-refractivity contribution in [3.05, 3.63) is 50.5 Å². The molecule has 1 aliphatic rings. The molecule has 3 nitrogen and oxygen atoms in total. The van der Waals surface area contributed by atoms with Crippen LogP contribution in [0.25, 0.3) is 0 Å². The molecule has 1 aliphatic carbocycles. The van der Waals surface area contributed by atoms with Gasteiger partial charge < -0.3 is 4.57 Å². The lowest BCUT2D eigenvalue weighted by molar-refractivity contribution is -0.138. The van der Waals surface area contributed by atoms with Crippen molar-refractivity contribution in [3.63, 3.8) is 0 Å². The van der Waals surface area contributed by atoms with Crippen LogP contribution in [0, 0.1) is 18.7 Å². The first-order valence-electron chi connectivity index (χ1n) is 9.05. The van der Waals surface area contributed by atoms with Crippen molar-refractivity contribution < 1.29 is 22.4 Å². The molecule has 0 saturated heterocycles. The van der Waals surface area contributed by atoms with Crippen LogP contribution >= 0.6 is 11.3 Å². The molecule has 0 spiro atoms. The predicted molar refractivity (Wildman–Crippen MR) is 99.8 cm³/mol. The Morgan fingerprint density at radius 2 is 1.89 bits per heavy atom. The minimum absolute atomic E-state index is 0.202. The zero-order valence-electron chi connectivity index (χ0n) is 16.2. The van der Waals surface area contributed by atoms with Gasteiger partial charge in [-0.2, -0.15) is 18.2 Å². The van der Waals surface area contributed by atoms with Gasteiger partial charge in [0.25, 0.3) is 5.91 Å². The number of aromatic nitrogens is 1. The van der Waals surface area contributed by atoms with E-state index in [0.717, 1.165) is 35.5 Å². The van der Waals surface area contributed by atoms with E-state index < -0.39 is 29.0 Å². The van der Waals surface area contributed by atoms with Gasteiger partial charge in [-0.1, -0.05) is 26.8 Å². The lowest BCUT2D eigenvalue weighted by Gasteiger charge is -2.17. The number of rotatable bonds is 3. The molecule has 1 fully saturated rings. The van der Waals surface area contributed by atoms with E-state index in [4.69, 9.17) is 0 Å². The van der Waals surface area contributed by atoms with Crippen LogP contribution in [0.15, 0.2) is 23.2 Å². The molecule has 1 aromatic carbocycles. The summed E-state index contributed by atoms with van der Waals surface area (Å²) >= 11 is 1.28. The maximum atomic E-state index is 14.1. The summed E-state index contributed by atoms with van der Waals surface area (Å²) in [6, 6.07) is 2.48. The maximum Gasteiger partial charge on any atom is 0.417 e. The molecule has 0 atom stereocenters. The van der Waals surface area contributed by atoms with Crippen LogP contribution in [0.5, 0.6) is 0 Å². The van der Waals surface area contributed by atoms with Crippen LogP contribution in [-0.4, -0.2) is 10.5 Å². The second-order valence-electron chi connectivity index (χ2n) is 8.18. The van der Waals surface area contributed by atoms with Crippen LogP contribution < -0.4 is 4.80 Å². The van der Waals surface area contributed by atoms with Gasteiger partial charge in [-0.25, -0.2) is 4.39 Å². The first kappa shape index (κ1) is 20.8. The lowest BCUT2D eigenvalue weighted by atomic mass is 9.93. The molecule has 152 valence electrons. The predicted octanol–water partition coefficient (Wildman–Crippen LogP) is 5.46. The minimum Gasteiger partial charge on any atom is -0.320 e. The van der Waals surface area contributed by atoms with Crippen LogP contribution in [-0.2, 0) is 18.1 Å². The SMILES string of the molecule is Cc1c(C(C)(C)C)sc(=NC(=O)c2c(F)cccc2C(F)(F)F)n1CC1CC1. The van der Waals surface area contributed by atoms with Crippen molar-refractivity contribution in [1.29, 1.82) is 0 Å². The molecule has 3 rings (SSSR count). The Bertz CT molecular complexity index is 976. The summed E-state index contributed by atoms with van der Waals surface area (Å²) in [7, 11) is 0. The summed E-state index contributed by atoms with van der Waals surface area (Å²) in [6.07, 6.45) is -2.69. The van der Waals surface area contributed by atoms with Crippen LogP contribution in [0.1, 0.15) is 60.1 Å². The first-order chi connectivity index (χ1) is 12.9. The fourth-order valence-corrected chi connectivity index (χ4v) is 4.36. The zero-order valence-corrected chi connectivity index (χ0v) is 17.0. The average Bonchev–Trinajstić information content (AvgIpc) is 3.32. The van der Waals surface area contributed by atoms with Crippen molar-refractivity contribution in [2.75, 3.05) is 0 Å². The smallest absolute Gasteiger partial charge is 0.320 e. The molecule has 1 aromatic heterocycles. The number of carbonyl (C=O) groups excluding carboxylic acids is 1. The summed E-state index contributed by atoms with van der Waals surface area (Å²) in [5.74, 6) is -1.95. The molecule has 0 aliphatic heterocycles. The molecule has 0 bridgehead atoms. The number of halogens is 4. The Balaban J connectivity index is 2.15. The highest BCUT2D eigenvalue weighted by atomic mass is 32.1. The van der Waals surface area contributed by atoms with E-state index in [-0.39, 0.29) is 5.41 Å². The monoisotopic (exact) mass is 414 g/mol. The Kier molecular flexibility index (Phi) is 5.29. The lowest BCUT2D eigenvalue weighted by Crippen LogP contribution is -2.21. The zero-order chi connectivity index (χ0) is 20.9. The highest BCUT2D eigenvalue weighted by molar-refractivity contribution is 7.09. The topological polar surface area (TPSA) is 34.4 Å². The highest BCUT2D eigenvalue weighted by Gasteiger charge is 2.37. The quantitative estimate of drug-likeness (QED) is 0.614. The van der Waals surface area contributed by atoms with Crippen molar-refractivity contribution >= 4 is 17.2 Å². The van der Waals surface area contributed by atoms with Gasteiger partial charge in [0.2, 0.25) is 0 Å². The fourth-order valence-electron chi connectivity index (χ4n) is 3.16. The molecule has 0 N–H and O–H groups in total. The number of benzene rings is 1. The number of alkyl halides is 3. The van der Waals surface area contributed by atoms with Crippen molar-refractivity contribution in [2.24, 2.45) is 10.9 Å². The third-order valence-electron chi connectivity index (χ3n) is 4.71. The second-order valence-corrected chi connectivity index (χ2v) is 9.16. The summed E-state index contributed by atoms with van der Waals surface area (Å²) < 4.78 is 55.8. The molecule has 1 saturated carbocycles. The molecule has 8 heteroatoms. The summed E-state index contributed by atoms with van der Waals surface area (Å²) in [5, 5.41) is 0. The third-order valence-corrected chi connectivity index (χ3v) is 6.31. The second kappa shape index (κ2) is 7.13. The Morgan fingerprint density at radius 3 is 2.43 bits per heavy atom. The normalized spacial score (nSPS) is 15.9. The number of nitrogens with zero attached hydrogens (tertiary/aromatic N) is 2. The van der Waals surface area contributed by atoms with Crippen molar-refractivity contribution in [2.45, 2.75) is 58.7 Å². The van der Waals surface area contributed by atoms with E-state index in [1.165, 1.54) is 11.3 Å². The van der Waals surface area contributed by atoms with E-state index in [1.807, 2.05) is 32.3 Å². The molecule has 0 radical (unpaired) electrons. The molecular formula is C20H22F4N2OS. The van der Waals surface area contributed by atoms with Gasteiger partial charge in [-0.15, -0.1) is 11.3 Å². The van der Waals surface area contributed by atoms with Crippen LogP contribution in [0.3, 0.4) is 0 Å². The van der Waals surface area contributed by atoms with Crippen molar-refractivity contribution in [3.8, 4) is 0 Å². The van der Waals surface area contributed by atoms with Crippen molar-refractivity contribution in [1.82, 2.24) is 4.57 Å². The number of hydrogen-bond acceptors (Lipinski definition) is 2. The molecule has 1 heterocycles. The fraction of sp³-hybridized carbons (Fsp3) is 0.500. The van der Waals surface area contributed by atoms with E-state index in [2.05, 4.69) is 4.99 Å². The van der Waals surface area contributed by atoms with E-state index in [1.54, 1.807) is 0 Å². The molecule has 2 aromatic rings. The van der Waals surface area contributed by atoms with Gasteiger partial charge in [0.15, 0.2) is 4.80 Å². The Labute approximate surface area is 164 Å². The van der Waals surface area contributed by atoms with Gasteiger partial charge >= 0.3 is 6.18 Å². The first-order valence-corrected chi connectivity index (χ1v) is 9.86. The van der Waals surface area contributed by atoms with Crippen LogP contribution in [0.2, 0.25) is 0 Å². The van der Waals surface area contributed by atoms with E-state index >= 15 is 0 Å². The van der Waals surface area contributed by atoms with Gasteiger partial charge in [0.1, 0.15) is 5.82 Å². The highest BCUT2D eigenvalue weighted by Crippen LogP contribution is 2.35. The van der Waals surface area contributed by atoms with Gasteiger partial charge in [0, 0.05) is 17.1 Å². The third kappa shape index (κ3) is 4.21. The van der Waals surface area contributed by atoms with Gasteiger partial charge in [-0.3, -0.25) is 4.79 Å². The van der Waals surface area contributed by atoms with Crippen LogP contribution in [0.4, 0.5) is 17.6 Å². The number of thiazole rings is 1. The van der Waals surface area contributed by atoms with E-state index in [9.17, 15) is 22.4 Å². The number of amides is 1. The van der Waals surface area contributed by atoms with Gasteiger partial charge in [-0.05, 0) is 43.2 Å². The largest absolute Gasteiger partial charge is 0.417 e. The molecule has 28 heavy (non-hydrogen) atoms. The Morgan fingerprint density at radius 1 is 1.25 bits per heavy atom. The average molecular weight is 414 g/mol.